The van der Waals surface area contributed by atoms with Crippen LogP contribution in [0.4, 0.5) is 13.2 Å². The fourth-order valence-corrected chi connectivity index (χ4v) is 1.69. The number of hydrogen-bond donors (Lipinski definition) is 0. The fourth-order valence-electron chi connectivity index (χ4n) is 0.933. The quantitative estimate of drug-likeness (QED) is 0.613. The van der Waals surface area contributed by atoms with Crippen LogP contribution in [0, 0.1) is 6.92 Å². The van der Waals surface area contributed by atoms with E-state index < -0.39 is 17.0 Å². The summed E-state index contributed by atoms with van der Waals surface area (Å²) in [6.07, 6.45) is -2.08. The van der Waals surface area contributed by atoms with Crippen molar-refractivity contribution >= 4 is 34.8 Å². The minimum atomic E-state index is -4.82. The molecule has 0 aliphatic heterocycles. The molecule has 0 aromatic carbocycles. The second kappa shape index (κ2) is 7.91. The number of hydrogen-bond acceptors (Lipinski definition) is 3. The number of carbonyl (C=O) groups is 1. The number of halogens is 3. The van der Waals surface area contributed by atoms with Gasteiger partial charge < -0.3 is 0 Å². The van der Waals surface area contributed by atoms with E-state index in [1.54, 1.807) is 0 Å². The van der Waals surface area contributed by atoms with Gasteiger partial charge in [0.15, 0.2) is 5.01 Å². The number of aryl methyl sites for hydroxylation is 1. The minimum absolute atomic E-state index is 0.424. The summed E-state index contributed by atoms with van der Waals surface area (Å²) < 4.78 is 35.3. The Morgan fingerprint density at radius 3 is 2.35 bits per heavy atom. The maximum atomic E-state index is 11.8. The van der Waals surface area contributed by atoms with Crippen LogP contribution in [0.3, 0.4) is 0 Å². The van der Waals surface area contributed by atoms with Crippen LogP contribution in [0.2, 0.25) is 5.09 Å². The monoisotopic (exact) mass is 259 g/mol. The normalized spacial score (nSPS) is 10.8. The van der Waals surface area contributed by atoms with Gasteiger partial charge in [0.25, 0.3) is 5.78 Å². The SMILES string of the molecule is Cc1csc(C(=O)C(F)(F)F)n1.[Li][CH2]CCC. The van der Waals surface area contributed by atoms with Crippen molar-refractivity contribution < 1.29 is 18.0 Å². The van der Waals surface area contributed by atoms with Crippen molar-refractivity contribution in [2.45, 2.75) is 38.0 Å². The molecule has 0 aliphatic carbocycles. The Morgan fingerprint density at radius 2 is 2.12 bits per heavy atom. The average molecular weight is 259 g/mol. The second-order valence-electron chi connectivity index (χ2n) is 3.47. The molecule has 0 spiro atoms. The number of Topliss-reactive ketones (excluding diaryl/α,β-unsaturated/α-hetero) is 1. The summed E-state index contributed by atoms with van der Waals surface area (Å²) in [5.41, 5.74) is 0.424. The standard InChI is InChI=1S/C6H4F3NOS.C4H9.Li/c1-3-2-12-5(10-3)4(11)6(7,8)9;1-3-4-2;/h2H,1H3;1,3-4H2,2H3;. The summed E-state index contributed by atoms with van der Waals surface area (Å²) in [5, 5.41) is 2.25. The molecule has 1 aromatic rings. The molecule has 0 N–H and O–H groups in total. The zero-order valence-corrected chi connectivity index (χ0v) is 10.9. The molecule has 0 atom stereocenters. The van der Waals surface area contributed by atoms with Crippen LogP contribution in [0.15, 0.2) is 5.38 Å². The van der Waals surface area contributed by atoms with Crippen LogP contribution < -0.4 is 0 Å². The van der Waals surface area contributed by atoms with Crippen molar-refractivity contribution in [1.29, 1.82) is 0 Å². The number of ketones is 1. The molecule has 0 fully saturated rings. The molecule has 0 bridgehead atoms. The Balaban J connectivity index is 0.000000437. The molecule has 1 rings (SSSR count). The van der Waals surface area contributed by atoms with Crippen molar-refractivity contribution in [3.05, 3.63) is 16.1 Å². The molecule has 0 unspecified atom stereocenters. The van der Waals surface area contributed by atoms with E-state index in [0.29, 0.717) is 17.0 Å². The van der Waals surface area contributed by atoms with E-state index in [1.807, 2.05) is 0 Å². The number of aromatic nitrogens is 1. The number of thiazole rings is 1. The second-order valence-corrected chi connectivity index (χ2v) is 4.33. The van der Waals surface area contributed by atoms with E-state index in [-0.39, 0.29) is 0 Å². The summed E-state index contributed by atoms with van der Waals surface area (Å²) in [7, 11) is 0. The van der Waals surface area contributed by atoms with Crippen molar-refractivity contribution in [3.63, 3.8) is 0 Å². The first-order chi connectivity index (χ1) is 7.82. The summed E-state index contributed by atoms with van der Waals surface area (Å²) in [5.74, 6) is -1.87. The molecule has 1 aromatic heterocycles. The Labute approximate surface area is 112 Å². The zero-order chi connectivity index (χ0) is 13.5. The molecule has 1 heterocycles. The van der Waals surface area contributed by atoms with Crippen molar-refractivity contribution in [2.24, 2.45) is 0 Å². The fraction of sp³-hybridized carbons (Fsp3) is 0.600. The van der Waals surface area contributed by atoms with E-state index >= 15 is 0 Å². The van der Waals surface area contributed by atoms with Crippen LogP contribution in [-0.2, 0) is 0 Å². The average Bonchev–Trinajstić information content (AvgIpc) is 2.64. The van der Waals surface area contributed by atoms with Crippen LogP contribution >= 0.6 is 11.3 Å². The van der Waals surface area contributed by atoms with Gasteiger partial charge in [-0.3, -0.25) is 4.79 Å². The first-order valence-electron chi connectivity index (χ1n) is 5.36. The summed E-state index contributed by atoms with van der Waals surface area (Å²) >= 11 is 2.92. The molecule has 92 valence electrons. The van der Waals surface area contributed by atoms with Crippen molar-refractivity contribution in [3.8, 4) is 0 Å². The molecule has 0 saturated carbocycles. The third-order valence-electron chi connectivity index (χ3n) is 1.78. The first-order valence-corrected chi connectivity index (χ1v) is 6.24. The molecule has 0 amide bonds. The van der Waals surface area contributed by atoms with Gasteiger partial charge in [0.05, 0.1) is 0 Å². The van der Waals surface area contributed by atoms with Gasteiger partial charge in [-0.15, -0.1) is 11.3 Å². The van der Waals surface area contributed by atoms with E-state index in [1.165, 1.54) is 30.2 Å². The Kier molecular flexibility index (Phi) is 7.76. The van der Waals surface area contributed by atoms with E-state index in [9.17, 15) is 18.0 Å². The number of alkyl halides is 3. The third-order valence-corrected chi connectivity index (χ3v) is 2.74. The van der Waals surface area contributed by atoms with Gasteiger partial charge in [0.2, 0.25) is 0 Å². The van der Waals surface area contributed by atoms with E-state index in [0.717, 1.165) is 0 Å². The van der Waals surface area contributed by atoms with Gasteiger partial charge in [0, 0.05) is 11.1 Å². The maximum absolute atomic E-state index is 11.8. The summed E-state index contributed by atoms with van der Waals surface area (Å²) in [6.45, 7) is 3.74. The van der Waals surface area contributed by atoms with E-state index in [2.05, 4.69) is 29.6 Å². The van der Waals surface area contributed by atoms with Crippen molar-refractivity contribution in [1.82, 2.24) is 4.98 Å². The summed E-state index contributed by atoms with van der Waals surface area (Å²) in [4.78, 5) is 13.9. The molecule has 0 radical (unpaired) electrons. The molecular weight excluding hydrogens is 246 g/mol. The predicted octanol–water partition coefficient (Wildman–Crippen LogP) is 3.57. The number of nitrogens with zero attached hydrogens (tertiary/aromatic N) is 1. The number of unbranched alkanes of at least 4 members (excludes halogenated alkanes) is 1. The van der Waals surface area contributed by atoms with Crippen LogP contribution in [0.25, 0.3) is 0 Å². The number of carbonyl (C=O) groups excluding carboxylic acids is 1. The van der Waals surface area contributed by atoms with E-state index in [4.69, 9.17) is 0 Å². The Bertz CT molecular complexity index is 350. The van der Waals surface area contributed by atoms with Gasteiger partial charge in [-0.05, 0) is 6.92 Å². The molecular formula is C10H13F3LiNOS. The van der Waals surface area contributed by atoms with Crippen LogP contribution in [0.1, 0.15) is 35.3 Å². The molecule has 2 nitrogen and oxygen atoms in total. The number of rotatable bonds is 3. The molecule has 17 heavy (non-hydrogen) atoms. The van der Waals surface area contributed by atoms with Crippen molar-refractivity contribution in [2.75, 3.05) is 0 Å². The van der Waals surface area contributed by atoms with Gasteiger partial charge >= 0.3 is 48.8 Å². The first kappa shape index (κ1) is 16.7. The summed E-state index contributed by atoms with van der Waals surface area (Å²) in [6, 6.07) is 0. The van der Waals surface area contributed by atoms with Crippen LogP contribution in [0.5, 0.6) is 0 Å². The van der Waals surface area contributed by atoms with Gasteiger partial charge in [-0.2, -0.15) is 13.2 Å². The molecule has 0 saturated heterocycles. The van der Waals surface area contributed by atoms with Crippen LogP contribution in [-0.4, -0.2) is 34.7 Å². The molecule has 7 heteroatoms. The van der Waals surface area contributed by atoms with Gasteiger partial charge in [-0.1, -0.05) is 0 Å². The van der Waals surface area contributed by atoms with Gasteiger partial charge in [0.1, 0.15) is 0 Å². The Morgan fingerprint density at radius 1 is 1.53 bits per heavy atom. The predicted molar refractivity (Wildman–Crippen MR) is 62.7 cm³/mol. The topological polar surface area (TPSA) is 30.0 Å². The Hall–Kier alpha value is -0.313. The van der Waals surface area contributed by atoms with Gasteiger partial charge in [-0.25, -0.2) is 4.98 Å². The zero-order valence-electron chi connectivity index (χ0n) is 10.1. The third kappa shape index (κ3) is 6.87. The molecule has 0 aliphatic rings.